The smallest absolute Gasteiger partial charge is 0.255 e. The molecular weight excluding hydrogens is 348 g/mol. The summed E-state index contributed by atoms with van der Waals surface area (Å²) in [6.45, 7) is 4.37. The van der Waals surface area contributed by atoms with Gasteiger partial charge in [0.25, 0.3) is 5.91 Å². The van der Waals surface area contributed by atoms with E-state index in [0.29, 0.717) is 23.6 Å². The lowest BCUT2D eigenvalue weighted by Crippen LogP contribution is -2.19. The van der Waals surface area contributed by atoms with Crippen LogP contribution in [0, 0.1) is 0 Å². The molecule has 0 saturated heterocycles. The van der Waals surface area contributed by atoms with Crippen LogP contribution in [0.2, 0.25) is 0 Å². The summed E-state index contributed by atoms with van der Waals surface area (Å²) in [5.74, 6) is 0.549. The van der Waals surface area contributed by atoms with Crippen LogP contribution in [-0.4, -0.2) is 19.1 Å². The van der Waals surface area contributed by atoms with E-state index in [1.54, 1.807) is 0 Å². The molecule has 1 amide bonds. The molecule has 1 heterocycles. The van der Waals surface area contributed by atoms with Crippen molar-refractivity contribution in [3.05, 3.63) is 89.5 Å². The minimum absolute atomic E-state index is 0.134. The molecule has 0 aromatic heterocycles. The molecule has 0 spiro atoms. The zero-order valence-electron chi connectivity index (χ0n) is 16.0. The number of nitrogens with one attached hydrogen (secondary N) is 1. The van der Waals surface area contributed by atoms with Crippen LogP contribution in [0.25, 0.3) is 0 Å². The molecule has 0 atom stereocenters. The third-order valence-corrected chi connectivity index (χ3v) is 5.01. The maximum absolute atomic E-state index is 12.6. The SMILES string of the molecule is CCOc1ccccc1NC(=O)c1ccc(CN2CCc3ccccc32)cc1. The number of nitrogens with zero attached hydrogens (tertiary/aromatic N) is 1. The van der Waals surface area contributed by atoms with E-state index >= 15 is 0 Å². The number of fused-ring (bicyclic) bond motifs is 1. The summed E-state index contributed by atoms with van der Waals surface area (Å²) in [4.78, 5) is 15.0. The Kier molecular flexibility index (Phi) is 5.29. The summed E-state index contributed by atoms with van der Waals surface area (Å²) in [6, 6.07) is 23.9. The molecule has 1 N–H and O–H groups in total. The highest BCUT2D eigenvalue weighted by Gasteiger charge is 2.18. The zero-order chi connectivity index (χ0) is 19.3. The molecule has 0 fully saturated rings. The van der Waals surface area contributed by atoms with Crippen molar-refractivity contribution in [1.29, 1.82) is 0 Å². The van der Waals surface area contributed by atoms with E-state index in [9.17, 15) is 4.79 Å². The average molecular weight is 372 g/mol. The van der Waals surface area contributed by atoms with Crippen molar-refractivity contribution in [2.45, 2.75) is 19.9 Å². The van der Waals surface area contributed by atoms with Crippen molar-refractivity contribution >= 4 is 17.3 Å². The van der Waals surface area contributed by atoms with Crippen LogP contribution in [0.15, 0.2) is 72.8 Å². The Morgan fingerprint density at radius 1 is 1.00 bits per heavy atom. The minimum Gasteiger partial charge on any atom is -0.492 e. The molecule has 4 heteroatoms. The van der Waals surface area contributed by atoms with Crippen LogP contribution >= 0.6 is 0 Å². The van der Waals surface area contributed by atoms with Crippen molar-refractivity contribution in [2.75, 3.05) is 23.4 Å². The maximum atomic E-state index is 12.6. The van der Waals surface area contributed by atoms with E-state index in [2.05, 4.69) is 34.5 Å². The molecule has 3 aromatic rings. The van der Waals surface area contributed by atoms with Crippen LogP contribution in [0.3, 0.4) is 0 Å². The minimum atomic E-state index is -0.134. The van der Waals surface area contributed by atoms with Crippen LogP contribution in [0.4, 0.5) is 11.4 Å². The van der Waals surface area contributed by atoms with Gasteiger partial charge >= 0.3 is 0 Å². The van der Waals surface area contributed by atoms with Gasteiger partial charge in [-0.25, -0.2) is 0 Å². The van der Waals surface area contributed by atoms with E-state index < -0.39 is 0 Å². The van der Waals surface area contributed by atoms with Gasteiger partial charge in [0.15, 0.2) is 0 Å². The number of anilines is 2. The number of rotatable bonds is 6. The highest BCUT2D eigenvalue weighted by atomic mass is 16.5. The summed E-state index contributed by atoms with van der Waals surface area (Å²) in [5.41, 5.74) is 5.25. The molecular formula is C24H24N2O2. The monoisotopic (exact) mass is 372 g/mol. The molecule has 28 heavy (non-hydrogen) atoms. The lowest BCUT2D eigenvalue weighted by molar-refractivity contribution is 0.102. The van der Waals surface area contributed by atoms with Gasteiger partial charge in [0.05, 0.1) is 12.3 Å². The quantitative estimate of drug-likeness (QED) is 0.669. The standard InChI is InChI=1S/C24H24N2O2/c1-2-28-23-10-6-4-8-21(23)25-24(27)20-13-11-18(12-14-20)17-26-16-15-19-7-3-5-9-22(19)26/h3-14H,2,15-17H2,1H3,(H,25,27). The van der Waals surface area contributed by atoms with Gasteiger partial charge in [-0.1, -0.05) is 42.5 Å². The highest BCUT2D eigenvalue weighted by molar-refractivity contribution is 6.05. The number of para-hydroxylation sites is 3. The van der Waals surface area contributed by atoms with Gasteiger partial charge in [-0.2, -0.15) is 0 Å². The average Bonchev–Trinajstić information content (AvgIpc) is 3.13. The van der Waals surface area contributed by atoms with Gasteiger partial charge in [0.2, 0.25) is 0 Å². The van der Waals surface area contributed by atoms with Crippen LogP contribution in [0.5, 0.6) is 5.75 Å². The summed E-state index contributed by atoms with van der Waals surface area (Å²) in [7, 11) is 0. The number of hydrogen-bond donors (Lipinski definition) is 1. The van der Waals surface area contributed by atoms with Crippen molar-refractivity contribution in [3.8, 4) is 5.75 Å². The van der Waals surface area contributed by atoms with Crippen molar-refractivity contribution in [1.82, 2.24) is 0 Å². The van der Waals surface area contributed by atoms with Crippen molar-refractivity contribution in [3.63, 3.8) is 0 Å². The fourth-order valence-corrected chi connectivity index (χ4v) is 3.60. The molecule has 4 rings (SSSR count). The van der Waals surface area contributed by atoms with E-state index in [1.807, 2.05) is 55.5 Å². The highest BCUT2D eigenvalue weighted by Crippen LogP contribution is 2.29. The van der Waals surface area contributed by atoms with Crippen molar-refractivity contribution < 1.29 is 9.53 Å². The van der Waals surface area contributed by atoms with Gasteiger partial charge in [0, 0.05) is 24.3 Å². The van der Waals surface area contributed by atoms with E-state index in [-0.39, 0.29) is 5.91 Å². The largest absolute Gasteiger partial charge is 0.492 e. The zero-order valence-corrected chi connectivity index (χ0v) is 16.0. The molecule has 0 bridgehead atoms. The van der Waals surface area contributed by atoms with E-state index in [0.717, 1.165) is 19.5 Å². The number of hydrogen-bond acceptors (Lipinski definition) is 3. The lowest BCUT2D eigenvalue weighted by atomic mass is 10.1. The first-order valence-electron chi connectivity index (χ1n) is 9.69. The second kappa shape index (κ2) is 8.17. The Balaban J connectivity index is 1.43. The first-order chi connectivity index (χ1) is 13.7. The van der Waals surface area contributed by atoms with Gasteiger partial charge in [0.1, 0.15) is 5.75 Å². The maximum Gasteiger partial charge on any atom is 0.255 e. The van der Waals surface area contributed by atoms with Gasteiger partial charge in [-0.05, 0) is 54.8 Å². The Hall–Kier alpha value is -3.27. The summed E-state index contributed by atoms with van der Waals surface area (Å²) in [6.07, 6.45) is 1.09. The first kappa shape index (κ1) is 18.1. The molecule has 142 valence electrons. The Morgan fingerprint density at radius 3 is 2.57 bits per heavy atom. The Labute approximate surface area is 165 Å². The fraction of sp³-hybridized carbons (Fsp3) is 0.208. The van der Waals surface area contributed by atoms with Crippen LogP contribution in [-0.2, 0) is 13.0 Å². The summed E-state index contributed by atoms with van der Waals surface area (Å²) in [5, 5.41) is 2.94. The molecule has 4 nitrogen and oxygen atoms in total. The van der Waals surface area contributed by atoms with Gasteiger partial charge in [-0.3, -0.25) is 4.79 Å². The fourth-order valence-electron chi connectivity index (χ4n) is 3.60. The molecule has 1 aliphatic heterocycles. The Morgan fingerprint density at radius 2 is 1.75 bits per heavy atom. The third-order valence-electron chi connectivity index (χ3n) is 5.01. The molecule has 0 saturated carbocycles. The van der Waals surface area contributed by atoms with Crippen LogP contribution < -0.4 is 15.0 Å². The topological polar surface area (TPSA) is 41.6 Å². The summed E-state index contributed by atoms with van der Waals surface area (Å²) < 4.78 is 5.58. The molecule has 3 aromatic carbocycles. The number of benzene rings is 3. The lowest BCUT2D eigenvalue weighted by Gasteiger charge is -2.19. The number of ether oxygens (including phenoxy) is 1. The molecule has 1 aliphatic rings. The van der Waals surface area contributed by atoms with E-state index in [4.69, 9.17) is 4.74 Å². The van der Waals surface area contributed by atoms with E-state index in [1.165, 1.54) is 16.8 Å². The second-order valence-corrected chi connectivity index (χ2v) is 6.88. The number of carbonyl (C=O) groups excluding carboxylic acids is 1. The van der Waals surface area contributed by atoms with Crippen molar-refractivity contribution in [2.24, 2.45) is 0 Å². The predicted molar refractivity (Wildman–Crippen MR) is 113 cm³/mol. The van der Waals surface area contributed by atoms with Gasteiger partial charge < -0.3 is 15.0 Å². The normalized spacial score (nSPS) is 12.5. The predicted octanol–water partition coefficient (Wildman–Crippen LogP) is 4.90. The molecule has 0 unspecified atom stereocenters. The second-order valence-electron chi connectivity index (χ2n) is 6.88. The number of carbonyl (C=O) groups is 1. The number of amides is 1. The molecule has 0 radical (unpaired) electrons. The van der Waals surface area contributed by atoms with Gasteiger partial charge in [-0.15, -0.1) is 0 Å². The van der Waals surface area contributed by atoms with Crippen LogP contribution in [0.1, 0.15) is 28.4 Å². The first-order valence-corrected chi connectivity index (χ1v) is 9.69. The third kappa shape index (κ3) is 3.86. The summed E-state index contributed by atoms with van der Waals surface area (Å²) >= 11 is 0. The Bertz CT molecular complexity index is 966. The molecule has 0 aliphatic carbocycles.